The van der Waals surface area contributed by atoms with Crippen LogP contribution in [0.1, 0.15) is 23.5 Å². The first-order chi connectivity index (χ1) is 8.15. The number of nitrogens with one attached hydrogen (secondary N) is 1. The van der Waals surface area contributed by atoms with Gasteiger partial charge in [0.05, 0.1) is 6.20 Å². The second kappa shape index (κ2) is 5.58. The molecule has 0 unspecified atom stereocenters. The van der Waals surface area contributed by atoms with Crippen LogP contribution in [0, 0.1) is 5.82 Å². The van der Waals surface area contributed by atoms with Gasteiger partial charge < -0.3 is 5.32 Å². The molecular weight excluding hydrogens is 259 g/mol. The highest BCUT2D eigenvalue weighted by Gasteiger charge is 2.07. The Morgan fingerprint density at radius 2 is 2.35 bits per heavy atom. The molecule has 0 amide bonds. The van der Waals surface area contributed by atoms with Crippen LogP contribution in [0.4, 0.5) is 4.39 Å². The van der Waals surface area contributed by atoms with Gasteiger partial charge in [-0.25, -0.2) is 9.37 Å². The van der Waals surface area contributed by atoms with Gasteiger partial charge in [-0.15, -0.1) is 11.3 Å². The van der Waals surface area contributed by atoms with E-state index in [2.05, 4.69) is 10.3 Å². The molecule has 90 valence electrons. The molecular formula is C12H12ClFN2S. The lowest BCUT2D eigenvalue weighted by Gasteiger charge is -2.13. The predicted molar refractivity (Wildman–Crippen MR) is 68.8 cm³/mol. The average molecular weight is 271 g/mol. The molecule has 0 bridgehead atoms. The van der Waals surface area contributed by atoms with Crippen molar-refractivity contribution < 1.29 is 4.39 Å². The Morgan fingerprint density at radius 3 is 3.00 bits per heavy atom. The van der Waals surface area contributed by atoms with Crippen molar-refractivity contribution in [3.63, 3.8) is 0 Å². The van der Waals surface area contributed by atoms with Crippen molar-refractivity contribution in [1.82, 2.24) is 10.3 Å². The van der Waals surface area contributed by atoms with Gasteiger partial charge in [0.2, 0.25) is 0 Å². The van der Waals surface area contributed by atoms with E-state index in [-0.39, 0.29) is 11.9 Å². The molecule has 2 aromatic rings. The maximum Gasteiger partial charge on any atom is 0.123 e. The summed E-state index contributed by atoms with van der Waals surface area (Å²) >= 11 is 7.24. The topological polar surface area (TPSA) is 24.9 Å². The van der Waals surface area contributed by atoms with Gasteiger partial charge in [-0.2, -0.15) is 0 Å². The average Bonchev–Trinajstić information content (AvgIpc) is 2.72. The molecule has 0 aliphatic heterocycles. The highest BCUT2D eigenvalue weighted by molar-refractivity contribution is 7.15. The van der Waals surface area contributed by atoms with Gasteiger partial charge in [0, 0.05) is 12.6 Å². The van der Waals surface area contributed by atoms with E-state index >= 15 is 0 Å². The van der Waals surface area contributed by atoms with Crippen molar-refractivity contribution in [3.8, 4) is 0 Å². The van der Waals surface area contributed by atoms with Crippen molar-refractivity contribution in [1.29, 1.82) is 0 Å². The standard InChI is InChI=1S/C12H12ClFN2S/c1-8(9-3-2-4-10(14)5-9)15-7-12-16-6-11(13)17-12/h2-6,8,15H,7H2,1H3/t8-/m1/s1. The summed E-state index contributed by atoms with van der Waals surface area (Å²) in [6.07, 6.45) is 1.64. The Hall–Kier alpha value is -0.970. The number of hydrogen-bond acceptors (Lipinski definition) is 3. The minimum Gasteiger partial charge on any atom is -0.304 e. The van der Waals surface area contributed by atoms with Crippen molar-refractivity contribution in [2.75, 3.05) is 0 Å². The fourth-order valence-corrected chi connectivity index (χ4v) is 2.41. The summed E-state index contributed by atoms with van der Waals surface area (Å²) in [6.45, 7) is 2.62. The first-order valence-electron chi connectivity index (χ1n) is 5.24. The van der Waals surface area contributed by atoms with E-state index in [0.29, 0.717) is 10.9 Å². The van der Waals surface area contributed by atoms with Gasteiger partial charge in [-0.05, 0) is 24.6 Å². The Kier molecular flexibility index (Phi) is 4.10. The molecule has 0 spiro atoms. The van der Waals surface area contributed by atoms with Crippen molar-refractivity contribution >= 4 is 22.9 Å². The maximum atomic E-state index is 13.0. The molecule has 2 nitrogen and oxygen atoms in total. The number of thiazole rings is 1. The molecule has 0 saturated heterocycles. The van der Waals surface area contributed by atoms with E-state index in [0.717, 1.165) is 10.6 Å². The Morgan fingerprint density at radius 1 is 1.53 bits per heavy atom. The van der Waals surface area contributed by atoms with Crippen LogP contribution in [0.15, 0.2) is 30.5 Å². The first kappa shape index (κ1) is 12.5. The molecule has 1 aromatic heterocycles. The van der Waals surface area contributed by atoms with Crippen LogP contribution in [-0.4, -0.2) is 4.98 Å². The second-order valence-electron chi connectivity index (χ2n) is 3.72. The van der Waals surface area contributed by atoms with E-state index in [4.69, 9.17) is 11.6 Å². The Balaban J connectivity index is 1.95. The third-order valence-electron chi connectivity index (χ3n) is 2.43. The van der Waals surface area contributed by atoms with E-state index in [1.165, 1.54) is 23.5 Å². The summed E-state index contributed by atoms with van der Waals surface area (Å²) in [7, 11) is 0. The van der Waals surface area contributed by atoms with Crippen molar-refractivity contribution in [3.05, 3.63) is 51.2 Å². The summed E-state index contributed by atoms with van der Waals surface area (Å²) in [5, 5.41) is 4.21. The Labute approximate surface area is 108 Å². The van der Waals surface area contributed by atoms with Gasteiger partial charge in [0.15, 0.2) is 0 Å². The highest BCUT2D eigenvalue weighted by atomic mass is 35.5. The number of nitrogens with zero attached hydrogens (tertiary/aromatic N) is 1. The highest BCUT2D eigenvalue weighted by Crippen LogP contribution is 2.19. The molecule has 1 atom stereocenters. The zero-order valence-corrected chi connectivity index (χ0v) is 10.9. The molecule has 1 aromatic carbocycles. The Bertz CT molecular complexity index is 501. The molecule has 0 radical (unpaired) electrons. The zero-order valence-electron chi connectivity index (χ0n) is 9.28. The largest absolute Gasteiger partial charge is 0.304 e. The second-order valence-corrected chi connectivity index (χ2v) is 5.46. The van der Waals surface area contributed by atoms with Crippen LogP contribution in [0.3, 0.4) is 0 Å². The van der Waals surface area contributed by atoms with Crippen molar-refractivity contribution in [2.45, 2.75) is 19.5 Å². The molecule has 2 rings (SSSR count). The van der Waals surface area contributed by atoms with E-state index in [1.54, 1.807) is 12.3 Å². The number of halogens is 2. The fourth-order valence-electron chi connectivity index (χ4n) is 1.50. The minimum atomic E-state index is -0.214. The lowest BCUT2D eigenvalue weighted by atomic mass is 10.1. The molecule has 0 fully saturated rings. The van der Waals surface area contributed by atoms with Crippen LogP contribution in [0.5, 0.6) is 0 Å². The zero-order chi connectivity index (χ0) is 12.3. The minimum absolute atomic E-state index is 0.0772. The number of rotatable bonds is 4. The monoisotopic (exact) mass is 270 g/mol. The molecule has 5 heteroatoms. The van der Waals surface area contributed by atoms with Gasteiger partial charge >= 0.3 is 0 Å². The van der Waals surface area contributed by atoms with Crippen LogP contribution < -0.4 is 5.32 Å². The summed E-state index contributed by atoms with van der Waals surface area (Å²) in [5.41, 5.74) is 0.924. The number of aromatic nitrogens is 1. The lowest BCUT2D eigenvalue weighted by Crippen LogP contribution is -2.17. The maximum absolute atomic E-state index is 13.0. The molecule has 1 heterocycles. The molecule has 0 saturated carbocycles. The fraction of sp³-hybridized carbons (Fsp3) is 0.250. The van der Waals surface area contributed by atoms with Gasteiger partial charge in [0.25, 0.3) is 0 Å². The predicted octanol–water partition coefficient (Wildman–Crippen LogP) is 3.79. The summed E-state index contributed by atoms with van der Waals surface area (Å²) in [6, 6.07) is 6.66. The normalized spacial score (nSPS) is 12.6. The molecule has 0 aliphatic rings. The SMILES string of the molecule is C[C@@H](NCc1ncc(Cl)s1)c1cccc(F)c1. The smallest absolute Gasteiger partial charge is 0.123 e. The van der Waals surface area contributed by atoms with Crippen molar-refractivity contribution in [2.24, 2.45) is 0 Å². The van der Waals surface area contributed by atoms with Crippen LogP contribution in [-0.2, 0) is 6.54 Å². The van der Waals surface area contributed by atoms with Crippen LogP contribution in [0.25, 0.3) is 0 Å². The third kappa shape index (κ3) is 3.49. The van der Waals surface area contributed by atoms with Gasteiger partial charge in [-0.1, -0.05) is 23.7 Å². The molecule has 1 N–H and O–H groups in total. The molecule has 0 aliphatic carbocycles. The van der Waals surface area contributed by atoms with Crippen LogP contribution >= 0.6 is 22.9 Å². The van der Waals surface area contributed by atoms with Gasteiger partial charge in [0.1, 0.15) is 15.2 Å². The quantitative estimate of drug-likeness (QED) is 0.914. The van der Waals surface area contributed by atoms with Crippen LogP contribution in [0.2, 0.25) is 4.34 Å². The van der Waals surface area contributed by atoms with E-state index in [1.807, 2.05) is 13.0 Å². The molecule has 17 heavy (non-hydrogen) atoms. The number of hydrogen-bond donors (Lipinski definition) is 1. The summed E-state index contributed by atoms with van der Waals surface area (Å²) in [5.74, 6) is -0.214. The number of benzene rings is 1. The lowest BCUT2D eigenvalue weighted by molar-refractivity contribution is 0.564. The van der Waals surface area contributed by atoms with Gasteiger partial charge in [-0.3, -0.25) is 0 Å². The van der Waals surface area contributed by atoms with E-state index < -0.39 is 0 Å². The van der Waals surface area contributed by atoms with E-state index in [9.17, 15) is 4.39 Å². The first-order valence-corrected chi connectivity index (χ1v) is 6.43. The third-order valence-corrected chi connectivity index (χ3v) is 3.55. The summed E-state index contributed by atoms with van der Waals surface area (Å²) < 4.78 is 13.7. The summed E-state index contributed by atoms with van der Waals surface area (Å²) in [4.78, 5) is 4.15.